The molecule has 0 unspecified atom stereocenters. The van der Waals surface area contributed by atoms with Gasteiger partial charge in [0.05, 0.1) is 35.5 Å². The van der Waals surface area contributed by atoms with Crippen LogP contribution in [0, 0.1) is 0 Å². The number of aryl methyl sites for hydroxylation is 1. The van der Waals surface area contributed by atoms with Crippen molar-refractivity contribution >= 4 is 5.96 Å². The molecule has 0 spiro atoms. The molecule has 0 atom stereocenters. The molecule has 1 aromatic heterocycles. The second kappa shape index (κ2) is 12.7. The maximum atomic E-state index is 13.7. The van der Waals surface area contributed by atoms with Crippen LogP contribution in [0.4, 0.5) is 39.5 Å². The van der Waals surface area contributed by atoms with Crippen molar-refractivity contribution in [3.05, 3.63) is 76.0 Å². The molecule has 17 heteroatoms. The van der Waals surface area contributed by atoms with Crippen LogP contribution in [-0.4, -0.2) is 44.5 Å². The molecular weight excluding hydrogens is 597 g/mol. The third-order valence-electron chi connectivity index (χ3n) is 6.20. The predicted molar refractivity (Wildman–Crippen MR) is 138 cm³/mol. The summed E-state index contributed by atoms with van der Waals surface area (Å²) in [5.41, 5.74) is 2.32. The number of hydrogen-bond donors (Lipinski definition) is 3. The Morgan fingerprint density at radius 2 is 1.47 bits per heavy atom. The Hall–Kier alpha value is -3.99. The number of hydrogen-bond acceptors (Lipinski definition) is 5. The van der Waals surface area contributed by atoms with Crippen molar-refractivity contribution in [3.63, 3.8) is 0 Å². The smallest absolute Gasteiger partial charge is 0.394 e. The Kier molecular flexibility index (Phi) is 9.90. The van der Waals surface area contributed by atoms with Crippen molar-refractivity contribution in [2.75, 3.05) is 13.7 Å². The molecule has 0 saturated carbocycles. The Labute approximate surface area is 239 Å². The van der Waals surface area contributed by atoms with E-state index in [9.17, 15) is 44.6 Å². The highest BCUT2D eigenvalue weighted by Gasteiger charge is 2.37. The first kappa shape index (κ1) is 33.5. The zero-order valence-corrected chi connectivity index (χ0v) is 22.8. The third kappa shape index (κ3) is 8.53. The number of aliphatic hydroxyl groups excluding tert-OH is 1. The fourth-order valence-corrected chi connectivity index (χ4v) is 4.28. The first-order chi connectivity index (χ1) is 19.8. The Morgan fingerprint density at radius 1 is 0.884 bits per heavy atom. The molecule has 1 heterocycles. The van der Waals surface area contributed by atoms with Gasteiger partial charge in [0.15, 0.2) is 0 Å². The van der Waals surface area contributed by atoms with Crippen molar-refractivity contribution in [3.8, 4) is 11.3 Å². The van der Waals surface area contributed by atoms with Gasteiger partial charge in [0.1, 0.15) is 0 Å². The Morgan fingerprint density at radius 3 is 1.95 bits per heavy atom. The van der Waals surface area contributed by atoms with Gasteiger partial charge in [-0.05, 0) is 53.4 Å². The number of halogens is 9. The largest absolute Gasteiger partial charge is 0.416 e. The highest BCUT2D eigenvalue weighted by Crippen LogP contribution is 2.38. The van der Waals surface area contributed by atoms with Crippen molar-refractivity contribution < 1.29 is 44.6 Å². The van der Waals surface area contributed by atoms with Crippen molar-refractivity contribution in [2.45, 2.75) is 51.5 Å². The Balaban J connectivity index is 2.21. The molecule has 2 aromatic carbocycles. The normalized spacial score (nSPS) is 13.0. The predicted octanol–water partition coefficient (Wildman–Crippen LogP) is 5.20. The minimum atomic E-state index is -5.13. The maximum Gasteiger partial charge on any atom is 0.416 e. The second-order valence-electron chi connectivity index (χ2n) is 9.51. The summed E-state index contributed by atoms with van der Waals surface area (Å²) in [6, 6.07) is 3.70. The number of benzene rings is 2. The molecule has 3 rings (SSSR count). The fourth-order valence-electron chi connectivity index (χ4n) is 4.28. The zero-order chi connectivity index (χ0) is 32.3. The van der Waals surface area contributed by atoms with E-state index in [1.54, 1.807) is 13.1 Å². The monoisotopic (exact) mass is 625 g/mol. The van der Waals surface area contributed by atoms with Crippen LogP contribution in [0.2, 0.25) is 0 Å². The molecule has 0 amide bonds. The molecule has 0 fully saturated rings. The molecule has 43 heavy (non-hydrogen) atoms. The Bertz CT molecular complexity index is 1410. The number of alkyl halides is 9. The molecule has 3 aromatic rings. The summed E-state index contributed by atoms with van der Waals surface area (Å²) in [6.07, 6.45) is -13.0. The highest BCUT2D eigenvalue weighted by molar-refractivity contribution is 5.78. The number of aromatic nitrogens is 2. The minimum Gasteiger partial charge on any atom is -0.394 e. The number of aliphatic hydroxyl groups is 1. The standard InChI is InChI=1S/C26H28F9N7O/c1-3-16-14-42(6-7-43)38-22(16)21-5-4-18(24(27,28)29)10-17(21)13-41(23(36)39-40(2)37)12-15-8-19(25(30,31)32)11-20(9-15)26(33,34)35/h4-5,8-11,14,43H,3,6-7,12-13,37H2,1-2H3,(H2,36,39). The average Bonchev–Trinajstić information content (AvgIpc) is 3.29. The van der Waals surface area contributed by atoms with E-state index in [1.165, 1.54) is 11.7 Å². The van der Waals surface area contributed by atoms with Gasteiger partial charge in [-0.2, -0.15) is 44.6 Å². The van der Waals surface area contributed by atoms with Gasteiger partial charge in [-0.1, -0.05) is 13.0 Å². The topological polar surface area (TPSA) is 109 Å². The van der Waals surface area contributed by atoms with Crippen LogP contribution >= 0.6 is 0 Å². The number of hydrazine groups is 1. The summed E-state index contributed by atoms with van der Waals surface area (Å²) in [6.45, 7) is 0.331. The van der Waals surface area contributed by atoms with Gasteiger partial charge in [0.2, 0.25) is 5.96 Å². The van der Waals surface area contributed by atoms with Gasteiger partial charge in [0, 0.05) is 31.9 Å². The minimum absolute atomic E-state index is 0.0428. The second-order valence-corrected chi connectivity index (χ2v) is 9.51. The highest BCUT2D eigenvalue weighted by atomic mass is 19.4. The molecule has 0 aliphatic carbocycles. The van der Waals surface area contributed by atoms with Gasteiger partial charge in [-0.3, -0.25) is 4.68 Å². The van der Waals surface area contributed by atoms with Gasteiger partial charge < -0.3 is 15.7 Å². The first-order valence-corrected chi connectivity index (χ1v) is 12.6. The molecule has 236 valence electrons. The van der Waals surface area contributed by atoms with E-state index in [0.29, 0.717) is 29.2 Å². The summed E-state index contributed by atoms with van der Waals surface area (Å²) >= 11 is 0. The lowest BCUT2D eigenvalue weighted by atomic mass is 9.97. The van der Waals surface area contributed by atoms with E-state index in [2.05, 4.69) is 10.2 Å². The molecule has 0 aliphatic rings. The lowest BCUT2D eigenvalue weighted by Gasteiger charge is -2.27. The third-order valence-corrected chi connectivity index (χ3v) is 6.20. The summed E-state index contributed by atoms with van der Waals surface area (Å²) in [7, 11) is 1.23. The van der Waals surface area contributed by atoms with Gasteiger partial charge in [-0.25, -0.2) is 11.0 Å². The van der Waals surface area contributed by atoms with Crippen molar-refractivity contribution in [2.24, 2.45) is 16.7 Å². The molecule has 0 bridgehead atoms. The van der Waals surface area contributed by atoms with E-state index in [-0.39, 0.29) is 36.0 Å². The lowest BCUT2D eigenvalue weighted by Crippen LogP contribution is -2.39. The van der Waals surface area contributed by atoms with E-state index in [4.69, 9.17) is 11.6 Å². The van der Waals surface area contributed by atoms with Crippen LogP contribution in [0.3, 0.4) is 0 Å². The SMILES string of the molecule is CCc1cn(CCO)nc1-c1ccc(C(F)(F)F)cc1CN(Cc1cc(C(F)(F)F)cc(C(F)(F)F)c1)/C(N)=N/N(C)N. The number of guanidine groups is 1. The molecule has 0 radical (unpaired) electrons. The fraction of sp³-hybridized carbons (Fsp3) is 0.385. The zero-order valence-electron chi connectivity index (χ0n) is 22.8. The van der Waals surface area contributed by atoms with Crippen molar-refractivity contribution in [1.29, 1.82) is 0 Å². The number of rotatable bonds is 9. The van der Waals surface area contributed by atoms with Crippen LogP contribution in [0.25, 0.3) is 11.3 Å². The van der Waals surface area contributed by atoms with Gasteiger partial charge in [-0.15, -0.1) is 5.10 Å². The van der Waals surface area contributed by atoms with Gasteiger partial charge in [0.25, 0.3) is 0 Å². The van der Waals surface area contributed by atoms with Crippen LogP contribution in [0.15, 0.2) is 47.7 Å². The summed E-state index contributed by atoms with van der Waals surface area (Å²) in [5.74, 6) is 5.01. The van der Waals surface area contributed by atoms with E-state index >= 15 is 0 Å². The molecule has 8 nitrogen and oxygen atoms in total. The summed E-state index contributed by atoms with van der Waals surface area (Å²) < 4.78 is 124. The quantitative estimate of drug-likeness (QED) is 0.0993. The molecule has 0 aliphatic heterocycles. The van der Waals surface area contributed by atoms with E-state index in [0.717, 1.165) is 23.1 Å². The maximum absolute atomic E-state index is 13.7. The van der Waals surface area contributed by atoms with Crippen LogP contribution in [0.5, 0.6) is 0 Å². The van der Waals surface area contributed by atoms with Gasteiger partial charge >= 0.3 is 18.5 Å². The van der Waals surface area contributed by atoms with Crippen LogP contribution in [0.1, 0.15) is 40.3 Å². The number of nitrogens with two attached hydrogens (primary N) is 2. The molecule has 0 saturated heterocycles. The van der Waals surface area contributed by atoms with Crippen molar-refractivity contribution in [1.82, 2.24) is 19.8 Å². The summed E-state index contributed by atoms with van der Waals surface area (Å²) in [5, 5.41) is 18.2. The molecule has 5 N–H and O–H groups in total. The number of nitrogens with zero attached hydrogens (tertiary/aromatic N) is 5. The lowest BCUT2D eigenvalue weighted by molar-refractivity contribution is -0.143. The summed E-state index contributed by atoms with van der Waals surface area (Å²) in [4.78, 5) is 0.994. The van der Waals surface area contributed by atoms with E-state index < -0.39 is 59.8 Å². The first-order valence-electron chi connectivity index (χ1n) is 12.6. The van der Waals surface area contributed by atoms with E-state index in [1.807, 2.05) is 0 Å². The van der Waals surface area contributed by atoms with Crippen LogP contribution < -0.4 is 11.6 Å². The van der Waals surface area contributed by atoms with Crippen LogP contribution in [-0.2, 0) is 44.6 Å². The average molecular weight is 626 g/mol. The molecular formula is C26H28F9N7O. The number of hydrazone groups is 1.